The van der Waals surface area contributed by atoms with Crippen molar-refractivity contribution in [1.29, 1.82) is 0 Å². The molecule has 1 amide bonds. The molecule has 0 saturated heterocycles. The highest BCUT2D eigenvalue weighted by Gasteiger charge is 2.09. The van der Waals surface area contributed by atoms with Gasteiger partial charge in [0.25, 0.3) is 0 Å². The summed E-state index contributed by atoms with van der Waals surface area (Å²) in [5, 5.41) is 2.85. The van der Waals surface area contributed by atoms with Crippen molar-refractivity contribution >= 4 is 5.91 Å². The standard InChI is InChI=1S/C9H15N3O/c1-3-4-8(13)12-7(2)9-10-5-6-11-9/h5-7H,3-4H2,1-2H3,(H,10,11)(H,12,13). The zero-order chi connectivity index (χ0) is 9.68. The number of rotatable bonds is 4. The SMILES string of the molecule is CCCC(=O)NC(C)c1ncc[nH]1. The van der Waals surface area contributed by atoms with Crippen LogP contribution in [-0.4, -0.2) is 15.9 Å². The Morgan fingerprint density at radius 3 is 3.08 bits per heavy atom. The van der Waals surface area contributed by atoms with Crippen LogP contribution >= 0.6 is 0 Å². The van der Waals surface area contributed by atoms with Crippen LogP contribution < -0.4 is 5.32 Å². The normalized spacial score (nSPS) is 12.5. The van der Waals surface area contributed by atoms with Gasteiger partial charge < -0.3 is 10.3 Å². The summed E-state index contributed by atoms with van der Waals surface area (Å²) in [5.41, 5.74) is 0. The lowest BCUT2D eigenvalue weighted by molar-refractivity contribution is -0.121. The Labute approximate surface area is 77.8 Å². The fourth-order valence-electron chi connectivity index (χ4n) is 1.12. The molecule has 1 rings (SSSR count). The first-order valence-corrected chi connectivity index (χ1v) is 4.52. The van der Waals surface area contributed by atoms with E-state index in [0.717, 1.165) is 12.2 Å². The van der Waals surface area contributed by atoms with E-state index in [0.29, 0.717) is 6.42 Å². The first-order valence-electron chi connectivity index (χ1n) is 4.52. The summed E-state index contributed by atoms with van der Waals surface area (Å²) in [5.74, 6) is 0.871. The maximum atomic E-state index is 11.2. The lowest BCUT2D eigenvalue weighted by Crippen LogP contribution is -2.26. The highest BCUT2D eigenvalue weighted by molar-refractivity contribution is 5.76. The summed E-state index contributed by atoms with van der Waals surface area (Å²) in [6.07, 6.45) is 4.87. The molecule has 1 unspecified atom stereocenters. The van der Waals surface area contributed by atoms with Crippen LogP contribution in [-0.2, 0) is 4.79 Å². The number of carbonyl (C=O) groups is 1. The van der Waals surface area contributed by atoms with Gasteiger partial charge in [0.05, 0.1) is 6.04 Å². The first kappa shape index (κ1) is 9.77. The third-order valence-electron chi connectivity index (χ3n) is 1.78. The van der Waals surface area contributed by atoms with Gasteiger partial charge in [-0.3, -0.25) is 4.79 Å². The molecule has 0 fully saturated rings. The smallest absolute Gasteiger partial charge is 0.220 e. The lowest BCUT2D eigenvalue weighted by atomic mass is 10.2. The molecule has 1 heterocycles. The van der Waals surface area contributed by atoms with Gasteiger partial charge in [-0.2, -0.15) is 0 Å². The zero-order valence-electron chi connectivity index (χ0n) is 8.00. The van der Waals surface area contributed by atoms with E-state index in [-0.39, 0.29) is 11.9 Å². The van der Waals surface area contributed by atoms with E-state index in [9.17, 15) is 4.79 Å². The Morgan fingerprint density at radius 2 is 2.54 bits per heavy atom. The number of aromatic nitrogens is 2. The van der Waals surface area contributed by atoms with Crippen LogP contribution in [0, 0.1) is 0 Å². The average Bonchev–Trinajstić information content (AvgIpc) is 2.55. The molecule has 0 aliphatic carbocycles. The highest BCUT2D eigenvalue weighted by atomic mass is 16.1. The second-order valence-electron chi connectivity index (χ2n) is 3.01. The van der Waals surface area contributed by atoms with Crippen molar-refractivity contribution in [1.82, 2.24) is 15.3 Å². The number of H-pyrrole nitrogens is 1. The highest BCUT2D eigenvalue weighted by Crippen LogP contribution is 2.05. The number of nitrogens with zero attached hydrogens (tertiary/aromatic N) is 1. The molecule has 1 aromatic rings. The van der Waals surface area contributed by atoms with Gasteiger partial charge in [-0.25, -0.2) is 4.98 Å². The predicted octanol–water partition coefficient (Wildman–Crippen LogP) is 1.39. The van der Waals surface area contributed by atoms with Crippen LogP contribution in [0.5, 0.6) is 0 Å². The number of carbonyl (C=O) groups excluding carboxylic acids is 1. The van der Waals surface area contributed by atoms with Crippen LogP contribution in [0.1, 0.15) is 38.6 Å². The van der Waals surface area contributed by atoms with Crippen molar-refractivity contribution in [2.75, 3.05) is 0 Å². The van der Waals surface area contributed by atoms with Gasteiger partial charge >= 0.3 is 0 Å². The van der Waals surface area contributed by atoms with E-state index in [1.165, 1.54) is 0 Å². The minimum Gasteiger partial charge on any atom is -0.347 e. The van der Waals surface area contributed by atoms with Crippen molar-refractivity contribution in [3.63, 3.8) is 0 Å². The second kappa shape index (κ2) is 4.64. The van der Waals surface area contributed by atoms with E-state index >= 15 is 0 Å². The molecule has 4 heteroatoms. The summed E-state index contributed by atoms with van der Waals surface area (Å²) in [6.45, 7) is 3.89. The monoisotopic (exact) mass is 181 g/mol. The Kier molecular flexibility index (Phi) is 3.49. The van der Waals surface area contributed by atoms with Crippen molar-refractivity contribution in [2.45, 2.75) is 32.7 Å². The topological polar surface area (TPSA) is 57.8 Å². The maximum Gasteiger partial charge on any atom is 0.220 e. The zero-order valence-corrected chi connectivity index (χ0v) is 8.00. The predicted molar refractivity (Wildman–Crippen MR) is 50.1 cm³/mol. The van der Waals surface area contributed by atoms with Gasteiger partial charge in [-0.15, -0.1) is 0 Å². The Morgan fingerprint density at radius 1 is 1.77 bits per heavy atom. The van der Waals surface area contributed by atoms with Gasteiger partial charge in [0.15, 0.2) is 0 Å². The van der Waals surface area contributed by atoms with Crippen LogP contribution in [0.15, 0.2) is 12.4 Å². The minimum atomic E-state index is -0.0333. The van der Waals surface area contributed by atoms with Gasteiger partial charge in [-0.1, -0.05) is 6.92 Å². The Bertz CT molecular complexity index is 256. The molecule has 0 aliphatic heterocycles. The van der Waals surface area contributed by atoms with Gasteiger partial charge in [0.1, 0.15) is 5.82 Å². The van der Waals surface area contributed by atoms with E-state index < -0.39 is 0 Å². The minimum absolute atomic E-state index is 0.0333. The van der Waals surface area contributed by atoms with Crippen LogP contribution in [0.25, 0.3) is 0 Å². The van der Waals surface area contributed by atoms with E-state index in [1.807, 2.05) is 13.8 Å². The quantitative estimate of drug-likeness (QED) is 0.737. The summed E-state index contributed by atoms with van der Waals surface area (Å²) in [4.78, 5) is 18.2. The third-order valence-corrected chi connectivity index (χ3v) is 1.78. The molecule has 4 nitrogen and oxygen atoms in total. The molecule has 0 spiro atoms. The fourth-order valence-corrected chi connectivity index (χ4v) is 1.12. The van der Waals surface area contributed by atoms with Gasteiger partial charge in [-0.05, 0) is 13.3 Å². The molecular formula is C9H15N3O. The molecule has 72 valence electrons. The van der Waals surface area contributed by atoms with E-state index in [1.54, 1.807) is 12.4 Å². The number of hydrogen-bond acceptors (Lipinski definition) is 2. The second-order valence-corrected chi connectivity index (χ2v) is 3.01. The molecule has 2 N–H and O–H groups in total. The van der Waals surface area contributed by atoms with E-state index in [4.69, 9.17) is 0 Å². The maximum absolute atomic E-state index is 11.2. The number of hydrogen-bond donors (Lipinski definition) is 2. The first-order chi connectivity index (χ1) is 6.24. The van der Waals surface area contributed by atoms with Crippen molar-refractivity contribution in [3.05, 3.63) is 18.2 Å². The summed E-state index contributed by atoms with van der Waals surface area (Å²) >= 11 is 0. The van der Waals surface area contributed by atoms with Crippen LogP contribution in [0.2, 0.25) is 0 Å². The number of amides is 1. The lowest BCUT2D eigenvalue weighted by Gasteiger charge is -2.10. The van der Waals surface area contributed by atoms with Crippen molar-refractivity contribution < 1.29 is 4.79 Å². The molecule has 1 aromatic heterocycles. The summed E-state index contributed by atoms with van der Waals surface area (Å²) in [7, 11) is 0. The Balaban J connectivity index is 2.42. The third kappa shape index (κ3) is 2.89. The molecular weight excluding hydrogens is 166 g/mol. The number of imidazole rings is 1. The number of aromatic amines is 1. The summed E-state index contributed by atoms with van der Waals surface area (Å²) < 4.78 is 0. The van der Waals surface area contributed by atoms with Crippen molar-refractivity contribution in [3.8, 4) is 0 Å². The molecule has 0 aromatic carbocycles. The Hall–Kier alpha value is -1.32. The largest absolute Gasteiger partial charge is 0.347 e. The molecule has 0 aliphatic rings. The molecule has 13 heavy (non-hydrogen) atoms. The molecule has 0 bridgehead atoms. The number of nitrogens with one attached hydrogen (secondary N) is 2. The van der Waals surface area contributed by atoms with E-state index in [2.05, 4.69) is 15.3 Å². The molecule has 0 saturated carbocycles. The van der Waals surface area contributed by atoms with Crippen LogP contribution in [0.4, 0.5) is 0 Å². The fraction of sp³-hybridized carbons (Fsp3) is 0.556. The van der Waals surface area contributed by atoms with Crippen molar-refractivity contribution in [2.24, 2.45) is 0 Å². The molecule has 1 atom stereocenters. The van der Waals surface area contributed by atoms with Gasteiger partial charge in [0, 0.05) is 18.8 Å². The van der Waals surface area contributed by atoms with Crippen LogP contribution in [0.3, 0.4) is 0 Å². The van der Waals surface area contributed by atoms with Gasteiger partial charge in [0.2, 0.25) is 5.91 Å². The molecule has 0 radical (unpaired) electrons. The average molecular weight is 181 g/mol. The summed E-state index contributed by atoms with van der Waals surface area (Å²) in [6, 6.07) is -0.0333.